The number of rotatable bonds is 8. The highest BCUT2D eigenvalue weighted by molar-refractivity contribution is 5.46. The average molecular weight is 266 g/mol. The third kappa shape index (κ3) is 7.58. The first-order valence-electron chi connectivity index (χ1n) is 6.60. The average Bonchev–Trinajstić information content (AvgIpc) is 2.27. The second-order valence-corrected chi connectivity index (χ2v) is 5.68. The van der Waals surface area contributed by atoms with E-state index >= 15 is 0 Å². The van der Waals surface area contributed by atoms with Crippen molar-refractivity contribution in [2.75, 3.05) is 44.4 Å². The van der Waals surface area contributed by atoms with Crippen molar-refractivity contribution in [3.05, 3.63) is 12.4 Å². The lowest BCUT2D eigenvalue weighted by molar-refractivity contribution is 0.425. The lowest BCUT2D eigenvalue weighted by Crippen LogP contribution is -2.34. The van der Waals surface area contributed by atoms with E-state index in [0.29, 0.717) is 0 Å². The minimum atomic E-state index is -0.160. The molecule has 108 valence electrons. The highest BCUT2D eigenvalue weighted by Crippen LogP contribution is 2.09. The fourth-order valence-electron chi connectivity index (χ4n) is 1.47. The van der Waals surface area contributed by atoms with Crippen LogP contribution < -0.4 is 16.4 Å². The summed E-state index contributed by atoms with van der Waals surface area (Å²) in [5.74, 6) is 1.66. The van der Waals surface area contributed by atoms with Gasteiger partial charge < -0.3 is 21.3 Å². The molecular weight excluding hydrogens is 240 g/mol. The van der Waals surface area contributed by atoms with Gasteiger partial charge in [0.2, 0.25) is 0 Å². The largest absolute Gasteiger partial charge is 0.370 e. The molecule has 0 aliphatic carbocycles. The first-order chi connectivity index (χ1) is 8.87. The lowest BCUT2D eigenvalue weighted by Gasteiger charge is -2.18. The van der Waals surface area contributed by atoms with Gasteiger partial charge in [0.05, 0.1) is 0 Å². The predicted octanol–water partition coefficient (Wildman–Crippen LogP) is 0.989. The summed E-state index contributed by atoms with van der Waals surface area (Å²) in [5.41, 5.74) is 5.77. The second kappa shape index (κ2) is 7.25. The standard InChI is InChI=1S/C13H26N6/c1-13(2,14)5-6-15-11-9-12(18-10-17-11)16-7-8-19(3)4/h9-10H,5-8,14H2,1-4H3,(H2,15,16,17,18). The maximum atomic E-state index is 5.93. The van der Waals surface area contributed by atoms with E-state index in [9.17, 15) is 0 Å². The molecule has 0 atom stereocenters. The van der Waals surface area contributed by atoms with Gasteiger partial charge in [-0.3, -0.25) is 0 Å². The number of aromatic nitrogens is 2. The van der Waals surface area contributed by atoms with E-state index in [-0.39, 0.29) is 5.54 Å². The van der Waals surface area contributed by atoms with E-state index in [1.165, 1.54) is 0 Å². The molecule has 1 rings (SSSR count). The topological polar surface area (TPSA) is 79.1 Å². The monoisotopic (exact) mass is 266 g/mol. The summed E-state index contributed by atoms with van der Waals surface area (Å²) in [6.07, 6.45) is 2.45. The number of hydrogen-bond acceptors (Lipinski definition) is 6. The number of anilines is 2. The van der Waals surface area contributed by atoms with Crippen molar-refractivity contribution >= 4 is 11.6 Å². The van der Waals surface area contributed by atoms with Crippen LogP contribution in [-0.2, 0) is 0 Å². The molecule has 0 unspecified atom stereocenters. The highest BCUT2D eigenvalue weighted by atomic mass is 15.1. The second-order valence-electron chi connectivity index (χ2n) is 5.68. The van der Waals surface area contributed by atoms with Crippen molar-refractivity contribution in [2.45, 2.75) is 25.8 Å². The Labute approximate surface area is 115 Å². The lowest BCUT2D eigenvalue weighted by atomic mass is 10.0. The molecule has 0 aliphatic heterocycles. The molecule has 0 bridgehead atoms. The molecule has 1 heterocycles. The molecule has 1 aromatic heterocycles. The molecule has 0 radical (unpaired) electrons. The van der Waals surface area contributed by atoms with Gasteiger partial charge in [-0.15, -0.1) is 0 Å². The normalized spacial score (nSPS) is 11.7. The first kappa shape index (κ1) is 15.7. The van der Waals surface area contributed by atoms with E-state index in [1.54, 1.807) is 6.33 Å². The summed E-state index contributed by atoms with van der Waals surface area (Å²) in [4.78, 5) is 10.5. The summed E-state index contributed by atoms with van der Waals surface area (Å²) in [6.45, 7) is 6.66. The fourth-order valence-corrected chi connectivity index (χ4v) is 1.47. The Balaban J connectivity index is 2.39. The van der Waals surface area contributed by atoms with Gasteiger partial charge in [-0.25, -0.2) is 9.97 Å². The first-order valence-corrected chi connectivity index (χ1v) is 6.60. The van der Waals surface area contributed by atoms with Gasteiger partial charge >= 0.3 is 0 Å². The Morgan fingerprint density at radius 2 is 1.74 bits per heavy atom. The molecular formula is C13H26N6. The van der Waals surface area contributed by atoms with Crippen LogP contribution in [0.1, 0.15) is 20.3 Å². The molecule has 4 N–H and O–H groups in total. The molecule has 0 amide bonds. The van der Waals surface area contributed by atoms with Gasteiger partial charge in [0.25, 0.3) is 0 Å². The van der Waals surface area contributed by atoms with E-state index < -0.39 is 0 Å². The number of nitrogens with one attached hydrogen (secondary N) is 2. The van der Waals surface area contributed by atoms with Crippen LogP contribution in [0.5, 0.6) is 0 Å². The molecule has 0 aromatic carbocycles. The molecule has 0 spiro atoms. The van der Waals surface area contributed by atoms with Crippen molar-refractivity contribution in [1.82, 2.24) is 14.9 Å². The molecule has 0 saturated carbocycles. The molecule has 19 heavy (non-hydrogen) atoms. The van der Waals surface area contributed by atoms with Crippen molar-refractivity contribution in [3.63, 3.8) is 0 Å². The summed E-state index contributed by atoms with van der Waals surface area (Å²) in [7, 11) is 4.09. The van der Waals surface area contributed by atoms with Crippen LogP contribution in [0.25, 0.3) is 0 Å². The zero-order valence-electron chi connectivity index (χ0n) is 12.4. The quantitative estimate of drug-likeness (QED) is 0.651. The van der Waals surface area contributed by atoms with Gasteiger partial charge in [0.15, 0.2) is 0 Å². The zero-order valence-corrected chi connectivity index (χ0v) is 12.4. The third-order valence-electron chi connectivity index (χ3n) is 2.61. The Hall–Kier alpha value is -1.40. The van der Waals surface area contributed by atoms with Gasteiger partial charge in [-0.2, -0.15) is 0 Å². The van der Waals surface area contributed by atoms with E-state index in [4.69, 9.17) is 5.73 Å². The minimum Gasteiger partial charge on any atom is -0.370 e. The summed E-state index contributed by atoms with van der Waals surface area (Å²) in [5, 5.41) is 6.52. The van der Waals surface area contributed by atoms with Gasteiger partial charge in [0.1, 0.15) is 18.0 Å². The van der Waals surface area contributed by atoms with Crippen molar-refractivity contribution < 1.29 is 0 Å². The van der Waals surface area contributed by atoms with Gasteiger partial charge in [0, 0.05) is 31.2 Å². The van der Waals surface area contributed by atoms with E-state index in [1.807, 2.05) is 34.0 Å². The van der Waals surface area contributed by atoms with Crippen molar-refractivity contribution in [2.24, 2.45) is 5.73 Å². The Morgan fingerprint density at radius 3 is 2.26 bits per heavy atom. The number of nitrogens with zero attached hydrogens (tertiary/aromatic N) is 3. The van der Waals surface area contributed by atoms with E-state index in [2.05, 4.69) is 25.5 Å². The van der Waals surface area contributed by atoms with Gasteiger partial charge in [-0.05, 0) is 34.4 Å². The summed E-state index contributed by atoms with van der Waals surface area (Å²) >= 11 is 0. The molecule has 6 nitrogen and oxygen atoms in total. The number of nitrogens with two attached hydrogens (primary N) is 1. The van der Waals surface area contributed by atoms with Crippen molar-refractivity contribution in [1.29, 1.82) is 0 Å². The van der Waals surface area contributed by atoms with Gasteiger partial charge in [-0.1, -0.05) is 0 Å². The Kier molecular flexibility index (Phi) is 5.98. The minimum absolute atomic E-state index is 0.160. The van der Waals surface area contributed by atoms with Crippen LogP contribution in [0.15, 0.2) is 12.4 Å². The highest BCUT2D eigenvalue weighted by Gasteiger charge is 2.09. The number of hydrogen-bond donors (Lipinski definition) is 3. The third-order valence-corrected chi connectivity index (χ3v) is 2.61. The molecule has 0 aliphatic rings. The number of likely N-dealkylation sites (N-methyl/N-ethyl adjacent to an activating group) is 1. The van der Waals surface area contributed by atoms with Crippen LogP contribution in [0, 0.1) is 0 Å². The Bertz CT molecular complexity index is 372. The summed E-state index contributed by atoms with van der Waals surface area (Å²) in [6, 6.07) is 1.92. The predicted molar refractivity (Wildman–Crippen MR) is 80.4 cm³/mol. The van der Waals surface area contributed by atoms with Crippen LogP contribution in [0.4, 0.5) is 11.6 Å². The maximum Gasteiger partial charge on any atom is 0.131 e. The van der Waals surface area contributed by atoms with Crippen molar-refractivity contribution in [3.8, 4) is 0 Å². The molecule has 6 heteroatoms. The molecule has 1 aromatic rings. The summed E-state index contributed by atoms with van der Waals surface area (Å²) < 4.78 is 0. The van der Waals surface area contributed by atoms with Crippen LogP contribution in [0.2, 0.25) is 0 Å². The van der Waals surface area contributed by atoms with Crippen LogP contribution in [-0.4, -0.2) is 54.1 Å². The maximum absolute atomic E-state index is 5.93. The SMILES string of the molecule is CN(C)CCNc1cc(NCCC(C)(C)N)ncn1. The van der Waals surface area contributed by atoms with E-state index in [0.717, 1.165) is 37.7 Å². The molecule has 0 saturated heterocycles. The van der Waals surface area contributed by atoms with Crippen LogP contribution in [0.3, 0.4) is 0 Å². The smallest absolute Gasteiger partial charge is 0.131 e. The van der Waals surface area contributed by atoms with Crippen LogP contribution >= 0.6 is 0 Å². The zero-order chi connectivity index (χ0) is 14.3. The molecule has 0 fully saturated rings. The Morgan fingerprint density at radius 1 is 1.16 bits per heavy atom. The fraction of sp³-hybridized carbons (Fsp3) is 0.692.